The van der Waals surface area contributed by atoms with Crippen molar-refractivity contribution in [1.82, 2.24) is 0 Å². The molecule has 0 fully saturated rings. The third-order valence-corrected chi connectivity index (χ3v) is 7.27. The van der Waals surface area contributed by atoms with Crippen LogP contribution in [0.5, 0.6) is 0 Å². The van der Waals surface area contributed by atoms with Crippen LogP contribution in [0.25, 0.3) is 0 Å². The van der Waals surface area contributed by atoms with Gasteiger partial charge in [0.15, 0.2) is 0 Å². The minimum Gasteiger partial charge on any atom is -0.381 e. The predicted molar refractivity (Wildman–Crippen MR) is 130 cm³/mol. The highest BCUT2D eigenvalue weighted by atomic mass is 32.2. The molecule has 2 N–H and O–H groups in total. The first-order valence-electron chi connectivity index (χ1n) is 10.6. The number of rotatable bonds is 7. The van der Waals surface area contributed by atoms with Crippen molar-refractivity contribution in [2.45, 2.75) is 32.6 Å². The minimum absolute atomic E-state index is 0.329. The Morgan fingerprint density at radius 3 is 2.06 bits per heavy atom. The number of imide groups is 1. The number of aryl methyl sites for hydroxylation is 1. The van der Waals surface area contributed by atoms with Gasteiger partial charge in [0.2, 0.25) is 10.0 Å². The highest BCUT2D eigenvalue weighted by Crippen LogP contribution is 2.30. The molecule has 0 aliphatic carbocycles. The summed E-state index contributed by atoms with van der Waals surface area (Å²) in [6.07, 6.45) is 0. The summed E-state index contributed by atoms with van der Waals surface area (Å²) in [4.78, 5) is 26.9. The maximum Gasteiger partial charge on any atom is 0.266 e. The highest BCUT2D eigenvalue weighted by Gasteiger charge is 2.36. The van der Waals surface area contributed by atoms with E-state index >= 15 is 0 Å². The monoisotopic (exact) mass is 463 g/mol. The summed E-state index contributed by atoms with van der Waals surface area (Å²) in [6, 6.07) is 19.5. The molecule has 4 rings (SSSR count). The molecular weight excluding hydrogens is 438 g/mol. The lowest BCUT2D eigenvalue weighted by atomic mass is 10.1. The van der Waals surface area contributed by atoms with Gasteiger partial charge in [-0.2, -0.15) is 0 Å². The molecule has 3 aromatic rings. The molecule has 170 valence electrons. The van der Waals surface area contributed by atoms with Gasteiger partial charge in [-0.05, 0) is 68.8 Å². The molecule has 0 saturated carbocycles. The summed E-state index contributed by atoms with van der Waals surface area (Å²) in [7, 11) is -3.39. The maximum atomic E-state index is 12.9. The van der Waals surface area contributed by atoms with Gasteiger partial charge in [-0.25, -0.2) is 13.3 Å². The largest absolute Gasteiger partial charge is 0.381 e. The number of hydrogen-bond donors (Lipinski definition) is 2. The molecule has 1 aliphatic heterocycles. The Bertz CT molecular complexity index is 1310. The van der Waals surface area contributed by atoms with Crippen molar-refractivity contribution in [2.24, 2.45) is 0 Å². The molecular formula is C25H25N3O4S. The zero-order valence-corrected chi connectivity index (χ0v) is 19.4. The molecule has 0 unspecified atom stereocenters. The van der Waals surface area contributed by atoms with Crippen LogP contribution in [0.2, 0.25) is 0 Å². The number of sulfonamides is 1. The molecule has 0 atom stereocenters. The topological polar surface area (TPSA) is 95.6 Å². The smallest absolute Gasteiger partial charge is 0.266 e. The zero-order valence-electron chi connectivity index (χ0n) is 18.6. The first-order valence-corrected chi connectivity index (χ1v) is 12.1. The van der Waals surface area contributed by atoms with Gasteiger partial charge in [-0.3, -0.25) is 14.3 Å². The number of hydrogen-bond acceptors (Lipinski definition) is 5. The zero-order chi connectivity index (χ0) is 23.8. The standard InChI is InChI=1S/C25H25N3O4S/c1-16(2)33(31,32)27-19-8-6-18(7-9-19)15-26-20-10-13-22-23(14-20)25(30)28(24(22)29)21-11-4-17(3)5-12-21/h4-14,16,26-27H,15H2,1-3H3. The number of nitrogens with one attached hydrogen (secondary N) is 2. The van der Waals surface area contributed by atoms with Crippen molar-refractivity contribution >= 4 is 38.9 Å². The van der Waals surface area contributed by atoms with Crippen LogP contribution in [0.15, 0.2) is 66.7 Å². The van der Waals surface area contributed by atoms with E-state index in [1.54, 1.807) is 56.3 Å². The van der Waals surface area contributed by atoms with Gasteiger partial charge >= 0.3 is 0 Å². The van der Waals surface area contributed by atoms with Gasteiger partial charge in [0.1, 0.15) is 0 Å². The highest BCUT2D eigenvalue weighted by molar-refractivity contribution is 7.93. The number of benzene rings is 3. The van der Waals surface area contributed by atoms with Crippen LogP contribution in [-0.2, 0) is 16.6 Å². The first-order chi connectivity index (χ1) is 15.7. The number of carbonyl (C=O) groups is 2. The third kappa shape index (κ3) is 4.61. The number of nitrogens with zero attached hydrogens (tertiary/aromatic N) is 1. The third-order valence-electron chi connectivity index (χ3n) is 5.51. The van der Waals surface area contributed by atoms with E-state index in [9.17, 15) is 18.0 Å². The Morgan fingerprint density at radius 1 is 0.818 bits per heavy atom. The lowest BCUT2D eigenvalue weighted by Gasteiger charge is -2.13. The second-order valence-electron chi connectivity index (χ2n) is 8.29. The summed E-state index contributed by atoms with van der Waals surface area (Å²) >= 11 is 0. The summed E-state index contributed by atoms with van der Waals surface area (Å²) in [5.41, 5.74) is 4.50. The van der Waals surface area contributed by atoms with Gasteiger partial charge in [-0.15, -0.1) is 0 Å². The molecule has 0 saturated heterocycles. The normalized spacial score (nSPS) is 13.4. The molecule has 7 nitrogen and oxygen atoms in total. The van der Waals surface area contributed by atoms with Crippen molar-refractivity contribution in [3.05, 3.63) is 89.0 Å². The molecule has 0 radical (unpaired) electrons. The predicted octanol–water partition coefficient (Wildman–Crippen LogP) is 4.56. The Kier molecular flexibility index (Phi) is 5.95. The lowest BCUT2D eigenvalue weighted by molar-refractivity contribution is 0.0926. The molecule has 0 bridgehead atoms. The van der Waals surface area contributed by atoms with Crippen molar-refractivity contribution < 1.29 is 18.0 Å². The van der Waals surface area contributed by atoms with Gasteiger partial charge in [0.05, 0.1) is 22.1 Å². The summed E-state index contributed by atoms with van der Waals surface area (Å²) in [5, 5.41) is 2.74. The van der Waals surface area contributed by atoms with Crippen LogP contribution in [0.4, 0.5) is 17.1 Å². The first kappa shape index (κ1) is 22.5. The Morgan fingerprint density at radius 2 is 1.42 bits per heavy atom. The van der Waals surface area contributed by atoms with Gasteiger partial charge in [0, 0.05) is 17.9 Å². The minimum atomic E-state index is -3.39. The van der Waals surface area contributed by atoms with E-state index in [4.69, 9.17) is 0 Å². The van der Waals surface area contributed by atoms with E-state index in [2.05, 4.69) is 10.0 Å². The molecule has 3 aromatic carbocycles. The Balaban J connectivity index is 1.45. The quantitative estimate of drug-likeness (QED) is 0.501. The Labute approximate surface area is 193 Å². The van der Waals surface area contributed by atoms with E-state index < -0.39 is 15.3 Å². The molecule has 0 aromatic heterocycles. The molecule has 33 heavy (non-hydrogen) atoms. The lowest BCUT2D eigenvalue weighted by Crippen LogP contribution is -2.29. The molecule has 1 heterocycles. The van der Waals surface area contributed by atoms with Crippen molar-refractivity contribution in [3.63, 3.8) is 0 Å². The number of fused-ring (bicyclic) bond motifs is 1. The van der Waals surface area contributed by atoms with E-state index in [0.29, 0.717) is 34.7 Å². The summed E-state index contributed by atoms with van der Waals surface area (Å²) in [5.74, 6) is -0.672. The number of anilines is 3. The second kappa shape index (κ2) is 8.71. The van der Waals surface area contributed by atoms with E-state index in [-0.39, 0.29) is 11.8 Å². The average Bonchev–Trinajstić information content (AvgIpc) is 3.03. The second-order valence-corrected chi connectivity index (χ2v) is 10.5. The van der Waals surface area contributed by atoms with Gasteiger partial charge in [0.25, 0.3) is 11.8 Å². The van der Waals surface area contributed by atoms with Gasteiger partial charge in [-0.1, -0.05) is 29.8 Å². The van der Waals surface area contributed by atoms with Crippen LogP contribution in [0.3, 0.4) is 0 Å². The summed E-state index contributed by atoms with van der Waals surface area (Å²) in [6.45, 7) is 5.66. The van der Waals surface area contributed by atoms with Crippen molar-refractivity contribution in [1.29, 1.82) is 0 Å². The molecule has 0 spiro atoms. The van der Waals surface area contributed by atoms with Crippen molar-refractivity contribution in [2.75, 3.05) is 14.9 Å². The average molecular weight is 464 g/mol. The van der Waals surface area contributed by atoms with Gasteiger partial charge < -0.3 is 5.32 Å². The van der Waals surface area contributed by atoms with E-state index in [0.717, 1.165) is 11.1 Å². The number of carbonyl (C=O) groups excluding carboxylic acids is 2. The number of amides is 2. The fraction of sp³-hybridized carbons (Fsp3) is 0.200. The molecule has 2 amide bonds. The fourth-order valence-electron chi connectivity index (χ4n) is 3.46. The SMILES string of the molecule is Cc1ccc(N2C(=O)c3ccc(NCc4ccc(NS(=O)(=O)C(C)C)cc4)cc3C2=O)cc1. The maximum absolute atomic E-state index is 12.9. The molecule has 1 aliphatic rings. The van der Waals surface area contributed by atoms with E-state index in [1.165, 1.54) is 4.90 Å². The van der Waals surface area contributed by atoms with Crippen LogP contribution >= 0.6 is 0 Å². The Hall–Kier alpha value is -3.65. The van der Waals surface area contributed by atoms with Crippen LogP contribution in [0, 0.1) is 6.92 Å². The fourth-order valence-corrected chi connectivity index (χ4v) is 4.16. The van der Waals surface area contributed by atoms with Crippen LogP contribution in [-0.4, -0.2) is 25.5 Å². The summed E-state index contributed by atoms with van der Waals surface area (Å²) < 4.78 is 26.5. The van der Waals surface area contributed by atoms with Crippen LogP contribution in [0.1, 0.15) is 45.7 Å². The van der Waals surface area contributed by atoms with Crippen LogP contribution < -0.4 is 14.9 Å². The molecule has 8 heteroatoms. The van der Waals surface area contributed by atoms with Crippen molar-refractivity contribution in [3.8, 4) is 0 Å². The van der Waals surface area contributed by atoms with E-state index in [1.807, 2.05) is 31.2 Å².